The number of piperazine rings is 1. The Morgan fingerprint density at radius 2 is 1.84 bits per heavy atom. The number of amides is 2. The van der Waals surface area contributed by atoms with Crippen molar-refractivity contribution in [3.05, 3.63) is 75.8 Å². The van der Waals surface area contributed by atoms with Crippen LogP contribution in [0.2, 0.25) is 0 Å². The number of H-pyrrole nitrogens is 1. The number of nitrogens with zero attached hydrogens (tertiary/aromatic N) is 3. The zero-order chi connectivity index (χ0) is 21.7. The Kier molecular flexibility index (Phi) is 4.72. The second-order valence-corrected chi connectivity index (χ2v) is 9.24. The molecule has 0 radical (unpaired) electrons. The molecular weight excluding hydrogens is 402 g/mol. The second-order valence-electron chi connectivity index (χ2n) is 9.24. The summed E-state index contributed by atoms with van der Waals surface area (Å²) in [5.41, 5.74) is 3.60. The van der Waals surface area contributed by atoms with Gasteiger partial charge in [0.05, 0.1) is 17.4 Å². The third kappa shape index (κ3) is 3.46. The molecule has 3 aliphatic rings. The number of aromatic nitrogens is 2. The monoisotopic (exact) mass is 429 g/mol. The maximum atomic E-state index is 12.7. The number of hydrogen-bond acceptors (Lipinski definition) is 4. The Labute approximate surface area is 186 Å². The minimum atomic E-state index is -0.101. The number of carbonyl (C=O) groups excluding carboxylic acids is 1. The van der Waals surface area contributed by atoms with Gasteiger partial charge in [0.15, 0.2) is 0 Å². The molecule has 2 aromatic carbocycles. The van der Waals surface area contributed by atoms with E-state index in [-0.39, 0.29) is 11.6 Å². The smallest absolute Gasteiger partial charge is 0.317 e. The van der Waals surface area contributed by atoms with Crippen LogP contribution in [0.1, 0.15) is 22.9 Å². The van der Waals surface area contributed by atoms with Crippen LogP contribution in [0.15, 0.2) is 53.3 Å². The normalized spacial score (nSPS) is 24.2. The van der Waals surface area contributed by atoms with Gasteiger partial charge < -0.3 is 15.2 Å². The van der Waals surface area contributed by atoms with Gasteiger partial charge in [-0.15, -0.1) is 0 Å². The van der Waals surface area contributed by atoms with E-state index in [0.29, 0.717) is 48.6 Å². The minimum absolute atomic E-state index is 0.0418. The third-order valence-electron chi connectivity index (χ3n) is 7.39. The first kappa shape index (κ1) is 19.5. The van der Waals surface area contributed by atoms with Crippen LogP contribution < -0.4 is 10.9 Å². The van der Waals surface area contributed by atoms with Crippen LogP contribution in [-0.4, -0.2) is 58.5 Å². The van der Waals surface area contributed by atoms with Crippen molar-refractivity contribution in [2.45, 2.75) is 18.9 Å². The van der Waals surface area contributed by atoms with Crippen LogP contribution >= 0.6 is 0 Å². The van der Waals surface area contributed by atoms with Crippen LogP contribution in [0.25, 0.3) is 10.9 Å². The van der Waals surface area contributed by atoms with Gasteiger partial charge in [-0.05, 0) is 47.4 Å². The van der Waals surface area contributed by atoms with Crippen LogP contribution in [0.3, 0.4) is 0 Å². The van der Waals surface area contributed by atoms with Crippen molar-refractivity contribution in [3.63, 3.8) is 0 Å². The van der Waals surface area contributed by atoms with E-state index in [1.54, 1.807) is 6.07 Å². The number of benzene rings is 2. The zero-order valence-corrected chi connectivity index (χ0v) is 18.0. The lowest BCUT2D eigenvalue weighted by atomic mass is 10.0. The van der Waals surface area contributed by atoms with Crippen molar-refractivity contribution >= 4 is 16.9 Å². The standard InChI is InChI=1S/C25H27N5O2/c31-24-18-7-3-4-8-21(18)27-22(28-24)15-29-9-11-30(12-10-29)25(32)26-14-20-19-13-16-5-1-2-6-17(16)23(19)20/h1-8,19-20,23H,9-15H2,(H,26,32)(H,27,28,31). The number of carbonyl (C=O) groups is 1. The molecule has 2 amide bonds. The summed E-state index contributed by atoms with van der Waals surface area (Å²) in [6.45, 7) is 4.26. The second kappa shape index (κ2) is 7.74. The van der Waals surface area contributed by atoms with Gasteiger partial charge in [-0.3, -0.25) is 9.69 Å². The lowest BCUT2D eigenvalue weighted by Crippen LogP contribution is -2.51. The molecule has 2 aliphatic carbocycles. The lowest BCUT2D eigenvalue weighted by molar-refractivity contribution is 0.133. The van der Waals surface area contributed by atoms with Crippen molar-refractivity contribution in [1.29, 1.82) is 0 Å². The van der Waals surface area contributed by atoms with E-state index in [2.05, 4.69) is 44.5 Å². The van der Waals surface area contributed by atoms with Crippen LogP contribution in [0.5, 0.6) is 0 Å². The van der Waals surface area contributed by atoms with Crippen molar-refractivity contribution in [2.75, 3.05) is 32.7 Å². The SMILES string of the molecule is O=C(NCC1C2Cc3ccccc3C12)N1CCN(Cc2nc3ccccc3c(=O)[nH]2)CC1. The highest BCUT2D eigenvalue weighted by molar-refractivity contribution is 5.77. The molecular formula is C25H27N5O2. The Morgan fingerprint density at radius 3 is 2.72 bits per heavy atom. The Hall–Kier alpha value is -3.19. The number of fused-ring (bicyclic) bond motifs is 4. The highest BCUT2D eigenvalue weighted by Crippen LogP contribution is 2.60. The number of urea groups is 1. The maximum Gasteiger partial charge on any atom is 0.317 e. The summed E-state index contributed by atoms with van der Waals surface area (Å²) in [4.78, 5) is 36.6. The van der Waals surface area contributed by atoms with Crippen molar-refractivity contribution in [1.82, 2.24) is 25.1 Å². The molecule has 7 nitrogen and oxygen atoms in total. The molecule has 2 heterocycles. The number of para-hydroxylation sites is 1. The van der Waals surface area contributed by atoms with E-state index in [1.165, 1.54) is 11.1 Å². The molecule has 1 aromatic heterocycles. The maximum absolute atomic E-state index is 12.7. The molecule has 3 unspecified atom stereocenters. The molecule has 2 fully saturated rings. The van der Waals surface area contributed by atoms with Crippen LogP contribution in [0.4, 0.5) is 4.79 Å². The summed E-state index contributed by atoms with van der Waals surface area (Å²) in [6.07, 6.45) is 1.16. The Bertz CT molecular complexity index is 1230. The lowest BCUT2D eigenvalue weighted by Gasteiger charge is -2.34. The molecule has 0 bridgehead atoms. The fourth-order valence-corrected chi connectivity index (χ4v) is 5.61. The molecule has 164 valence electrons. The average Bonchev–Trinajstić information content (AvgIpc) is 3.35. The van der Waals surface area contributed by atoms with Crippen LogP contribution in [-0.2, 0) is 13.0 Å². The summed E-state index contributed by atoms with van der Waals surface area (Å²) >= 11 is 0. The molecule has 6 rings (SSSR count). The molecule has 1 saturated carbocycles. The fraction of sp³-hybridized carbons (Fsp3) is 0.400. The molecule has 2 N–H and O–H groups in total. The van der Waals surface area contributed by atoms with Gasteiger partial charge in [-0.25, -0.2) is 9.78 Å². The number of aromatic amines is 1. The summed E-state index contributed by atoms with van der Waals surface area (Å²) in [5, 5.41) is 3.79. The van der Waals surface area contributed by atoms with Gasteiger partial charge >= 0.3 is 6.03 Å². The molecule has 0 spiro atoms. The largest absolute Gasteiger partial charge is 0.338 e. The van der Waals surface area contributed by atoms with Gasteiger partial charge in [0.2, 0.25) is 0 Å². The van der Waals surface area contributed by atoms with Crippen molar-refractivity contribution in [3.8, 4) is 0 Å². The molecule has 7 heteroatoms. The first-order chi connectivity index (χ1) is 15.7. The summed E-state index contributed by atoms with van der Waals surface area (Å²) in [5.74, 6) is 2.61. The predicted octanol–water partition coefficient (Wildman–Crippen LogP) is 2.34. The predicted molar refractivity (Wildman–Crippen MR) is 122 cm³/mol. The van der Waals surface area contributed by atoms with Crippen molar-refractivity contribution in [2.24, 2.45) is 11.8 Å². The van der Waals surface area contributed by atoms with Crippen molar-refractivity contribution < 1.29 is 4.79 Å². The topological polar surface area (TPSA) is 81.3 Å². The van der Waals surface area contributed by atoms with E-state index >= 15 is 0 Å². The summed E-state index contributed by atoms with van der Waals surface area (Å²) < 4.78 is 0. The Morgan fingerprint density at radius 1 is 1.06 bits per heavy atom. The van der Waals surface area contributed by atoms with E-state index in [9.17, 15) is 9.59 Å². The zero-order valence-electron chi connectivity index (χ0n) is 18.0. The number of hydrogen-bond donors (Lipinski definition) is 2. The summed E-state index contributed by atoms with van der Waals surface area (Å²) in [7, 11) is 0. The molecule has 1 saturated heterocycles. The van der Waals surface area contributed by atoms with E-state index in [4.69, 9.17) is 0 Å². The quantitative estimate of drug-likeness (QED) is 0.667. The molecule has 3 atom stereocenters. The first-order valence-corrected chi connectivity index (χ1v) is 11.5. The molecule has 1 aliphatic heterocycles. The first-order valence-electron chi connectivity index (χ1n) is 11.5. The number of nitrogens with one attached hydrogen (secondary N) is 2. The molecule has 32 heavy (non-hydrogen) atoms. The van der Waals surface area contributed by atoms with E-state index in [1.807, 2.05) is 23.1 Å². The van der Waals surface area contributed by atoms with Gasteiger partial charge in [-0.1, -0.05) is 36.4 Å². The van der Waals surface area contributed by atoms with E-state index in [0.717, 1.165) is 31.6 Å². The Balaban J connectivity index is 0.996. The third-order valence-corrected chi connectivity index (χ3v) is 7.39. The van der Waals surface area contributed by atoms with Gasteiger partial charge in [0.25, 0.3) is 5.56 Å². The highest BCUT2D eigenvalue weighted by Gasteiger charge is 2.55. The summed E-state index contributed by atoms with van der Waals surface area (Å²) in [6, 6.07) is 16.2. The van der Waals surface area contributed by atoms with Gasteiger partial charge in [0, 0.05) is 32.7 Å². The van der Waals surface area contributed by atoms with Gasteiger partial charge in [0.1, 0.15) is 5.82 Å². The number of rotatable bonds is 4. The fourth-order valence-electron chi connectivity index (χ4n) is 5.61. The average molecular weight is 430 g/mol. The highest BCUT2D eigenvalue weighted by atomic mass is 16.2. The molecule has 3 aromatic rings. The van der Waals surface area contributed by atoms with Gasteiger partial charge in [-0.2, -0.15) is 0 Å². The van der Waals surface area contributed by atoms with E-state index < -0.39 is 0 Å². The van der Waals surface area contributed by atoms with Crippen LogP contribution in [0, 0.1) is 11.8 Å². The minimum Gasteiger partial charge on any atom is -0.338 e.